The number of allylic oxidation sites excluding steroid dienone is 4. The maximum atomic E-state index is 11.2. The molecular weight excluding hydrogens is 360 g/mol. The van der Waals surface area contributed by atoms with Crippen molar-refractivity contribution in [3.63, 3.8) is 0 Å². The molecular formula is C25H20N2O2. The molecule has 0 atom stereocenters. The standard InChI is InChI=1S/C25H20N2O2/c1-26(19-10-4-2-5-11-19)17-9-3-6-12-23-21-13-7-8-14-22(21)24-16-15-20(27(28)29)18-25(23)24/h2-18H,1H3/b6-3+,17-9+,23-12-. The number of fused-ring (bicyclic) bond motifs is 3. The van der Waals surface area contributed by atoms with E-state index in [-0.39, 0.29) is 10.6 Å². The van der Waals surface area contributed by atoms with Crippen LogP contribution < -0.4 is 4.90 Å². The predicted octanol–water partition coefficient (Wildman–Crippen LogP) is 6.21. The van der Waals surface area contributed by atoms with Crippen LogP contribution in [0.4, 0.5) is 11.4 Å². The fourth-order valence-corrected chi connectivity index (χ4v) is 3.52. The van der Waals surface area contributed by atoms with Crippen LogP contribution in [0.1, 0.15) is 11.1 Å². The summed E-state index contributed by atoms with van der Waals surface area (Å²) in [5.74, 6) is 0. The Balaban J connectivity index is 1.61. The Morgan fingerprint density at radius 3 is 2.24 bits per heavy atom. The Morgan fingerprint density at radius 1 is 0.793 bits per heavy atom. The molecule has 142 valence electrons. The van der Waals surface area contributed by atoms with Crippen molar-refractivity contribution in [2.45, 2.75) is 0 Å². The first kappa shape index (κ1) is 18.4. The van der Waals surface area contributed by atoms with Crippen molar-refractivity contribution in [1.29, 1.82) is 0 Å². The van der Waals surface area contributed by atoms with Gasteiger partial charge in [0.05, 0.1) is 4.92 Å². The van der Waals surface area contributed by atoms with E-state index in [1.54, 1.807) is 12.1 Å². The number of hydrogen-bond acceptors (Lipinski definition) is 3. The van der Waals surface area contributed by atoms with E-state index in [9.17, 15) is 10.1 Å². The zero-order valence-electron chi connectivity index (χ0n) is 16.0. The number of non-ortho nitro benzene ring substituents is 1. The van der Waals surface area contributed by atoms with Crippen LogP contribution in [0.2, 0.25) is 0 Å². The van der Waals surface area contributed by atoms with Gasteiger partial charge in [-0.1, -0.05) is 60.7 Å². The van der Waals surface area contributed by atoms with Crippen molar-refractivity contribution in [2.75, 3.05) is 11.9 Å². The molecule has 0 saturated heterocycles. The minimum Gasteiger partial charge on any atom is -0.351 e. The Hall–Kier alpha value is -3.92. The second-order valence-electron chi connectivity index (χ2n) is 6.79. The lowest BCUT2D eigenvalue weighted by molar-refractivity contribution is -0.384. The van der Waals surface area contributed by atoms with Crippen LogP contribution in [-0.4, -0.2) is 12.0 Å². The molecule has 0 saturated carbocycles. The number of nitro groups is 1. The normalized spacial score (nSPS) is 13.8. The van der Waals surface area contributed by atoms with Crippen molar-refractivity contribution in [3.8, 4) is 11.1 Å². The van der Waals surface area contributed by atoms with Gasteiger partial charge in [0.1, 0.15) is 0 Å². The third-order valence-corrected chi connectivity index (χ3v) is 4.97. The summed E-state index contributed by atoms with van der Waals surface area (Å²) in [6.45, 7) is 0. The largest absolute Gasteiger partial charge is 0.351 e. The summed E-state index contributed by atoms with van der Waals surface area (Å²) >= 11 is 0. The second kappa shape index (κ2) is 7.98. The summed E-state index contributed by atoms with van der Waals surface area (Å²) in [6, 6.07) is 23.3. The highest BCUT2D eigenvalue weighted by atomic mass is 16.6. The molecule has 3 aromatic carbocycles. The summed E-state index contributed by atoms with van der Waals surface area (Å²) in [5, 5.41) is 11.2. The Kier molecular flexibility index (Phi) is 5.08. The minimum absolute atomic E-state index is 0.107. The molecule has 4 nitrogen and oxygen atoms in total. The van der Waals surface area contributed by atoms with Gasteiger partial charge >= 0.3 is 0 Å². The quantitative estimate of drug-likeness (QED) is 0.235. The van der Waals surface area contributed by atoms with Crippen molar-refractivity contribution in [1.82, 2.24) is 0 Å². The maximum absolute atomic E-state index is 11.2. The van der Waals surface area contributed by atoms with Gasteiger partial charge in [-0.25, -0.2) is 0 Å². The fourth-order valence-electron chi connectivity index (χ4n) is 3.52. The number of hydrogen-bond donors (Lipinski definition) is 0. The van der Waals surface area contributed by atoms with E-state index in [1.807, 2.05) is 78.8 Å². The first-order valence-corrected chi connectivity index (χ1v) is 9.37. The lowest BCUT2D eigenvalue weighted by atomic mass is 10.0. The molecule has 0 N–H and O–H groups in total. The van der Waals surface area contributed by atoms with Gasteiger partial charge < -0.3 is 4.90 Å². The van der Waals surface area contributed by atoms with Crippen LogP contribution in [0, 0.1) is 10.1 Å². The number of nitro benzene ring substituents is 1. The molecule has 3 aromatic rings. The zero-order valence-corrected chi connectivity index (χ0v) is 16.0. The lowest BCUT2D eigenvalue weighted by Gasteiger charge is -2.12. The van der Waals surface area contributed by atoms with Crippen molar-refractivity contribution < 1.29 is 4.92 Å². The second-order valence-corrected chi connectivity index (χ2v) is 6.79. The summed E-state index contributed by atoms with van der Waals surface area (Å²) < 4.78 is 0. The van der Waals surface area contributed by atoms with Gasteiger partial charge in [-0.15, -0.1) is 0 Å². The monoisotopic (exact) mass is 380 g/mol. The molecule has 0 radical (unpaired) electrons. The third-order valence-electron chi connectivity index (χ3n) is 4.97. The lowest BCUT2D eigenvalue weighted by Crippen LogP contribution is -2.06. The number of para-hydroxylation sites is 1. The zero-order chi connectivity index (χ0) is 20.2. The topological polar surface area (TPSA) is 46.4 Å². The Labute approximate surface area is 169 Å². The number of rotatable bonds is 5. The highest BCUT2D eigenvalue weighted by Gasteiger charge is 2.24. The van der Waals surface area contributed by atoms with Crippen molar-refractivity contribution >= 4 is 16.9 Å². The van der Waals surface area contributed by atoms with Crippen molar-refractivity contribution in [2.24, 2.45) is 0 Å². The van der Waals surface area contributed by atoms with Gasteiger partial charge in [-0.2, -0.15) is 0 Å². The van der Waals surface area contributed by atoms with Gasteiger partial charge in [0, 0.05) is 31.1 Å². The van der Waals surface area contributed by atoms with E-state index in [2.05, 4.69) is 24.3 Å². The van der Waals surface area contributed by atoms with E-state index in [1.165, 1.54) is 0 Å². The molecule has 0 heterocycles. The average molecular weight is 380 g/mol. The van der Waals surface area contributed by atoms with E-state index < -0.39 is 0 Å². The van der Waals surface area contributed by atoms with Crippen molar-refractivity contribution in [3.05, 3.63) is 125 Å². The number of benzene rings is 3. The fraction of sp³-hybridized carbons (Fsp3) is 0.0400. The molecule has 4 heteroatoms. The molecule has 4 rings (SSSR count). The predicted molar refractivity (Wildman–Crippen MR) is 119 cm³/mol. The third kappa shape index (κ3) is 3.73. The van der Waals surface area contributed by atoms with Gasteiger partial charge in [-0.3, -0.25) is 10.1 Å². The summed E-state index contributed by atoms with van der Waals surface area (Å²) in [4.78, 5) is 12.9. The molecule has 29 heavy (non-hydrogen) atoms. The average Bonchev–Trinajstić information content (AvgIpc) is 3.07. The SMILES string of the molecule is CN(/C=C/C=C/C=C1/c2ccccc2-c2ccc([N+](=O)[O-])cc21)c1ccccc1. The molecule has 0 bridgehead atoms. The van der Waals surface area contributed by atoms with Gasteiger partial charge in [0.2, 0.25) is 0 Å². The molecule has 0 fully saturated rings. The Bertz CT molecular complexity index is 1140. The van der Waals surface area contributed by atoms with Crippen LogP contribution in [0.15, 0.2) is 103 Å². The van der Waals surface area contributed by atoms with Crippen LogP contribution in [0.25, 0.3) is 16.7 Å². The molecule has 0 aliphatic heterocycles. The maximum Gasteiger partial charge on any atom is 0.270 e. The highest BCUT2D eigenvalue weighted by molar-refractivity contribution is 6.02. The van der Waals surface area contributed by atoms with Gasteiger partial charge in [-0.05, 0) is 52.1 Å². The van der Waals surface area contributed by atoms with Gasteiger partial charge in [0.15, 0.2) is 0 Å². The van der Waals surface area contributed by atoms with Crippen LogP contribution >= 0.6 is 0 Å². The van der Waals surface area contributed by atoms with Crippen LogP contribution in [-0.2, 0) is 0 Å². The van der Waals surface area contributed by atoms with E-state index in [0.29, 0.717) is 0 Å². The smallest absolute Gasteiger partial charge is 0.270 e. The first-order valence-electron chi connectivity index (χ1n) is 9.37. The molecule has 0 aromatic heterocycles. The minimum atomic E-state index is -0.348. The first-order chi connectivity index (χ1) is 14.1. The summed E-state index contributed by atoms with van der Waals surface area (Å²) in [5.41, 5.74) is 6.35. The molecule has 0 unspecified atom stereocenters. The van der Waals surface area contributed by atoms with Gasteiger partial charge in [0.25, 0.3) is 5.69 Å². The van der Waals surface area contributed by atoms with E-state index >= 15 is 0 Å². The molecule has 1 aliphatic rings. The van der Waals surface area contributed by atoms with E-state index in [4.69, 9.17) is 0 Å². The number of nitrogens with zero attached hydrogens (tertiary/aromatic N) is 2. The Morgan fingerprint density at radius 2 is 1.48 bits per heavy atom. The molecule has 0 amide bonds. The summed E-state index contributed by atoms with van der Waals surface area (Å²) in [6.07, 6.45) is 9.91. The number of anilines is 1. The van der Waals surface area contributed by atoms with Crippen LogP contribution in [0.3, 0.4) is 0 Å². The van der Waals surface area contributed by atoms with E-state index in [0.717, 1.165) is 33.5 Å². The highest BCUT2D eigenvalue weighted by Crippen LogP contribution is 2.45. The molecule has 0 spiro atoms. The molecule has 1 aliphatic carbocycles. The summed E-state index contributed by atoms with van der Waals surface area (Å²) in [7, 11) is 2.00. The van der Waals surface area contributed by atoms with Crippen LogP contribution in [0.5, 0.6) is 0 Å².